The molecule has 0 aromatic heterocycles. The summed E-state index contributed by atoms with van der Waals surface area (Å²) in [5.74, 6) is 2.00. The van der Waals surface area contributed by atoms with Crippen LogP contribution >= 0.6 is 0 Å². The molecule has 0 N–H and O–H groups in total. The molecule has 1 aliphatic rings. The molecule has 0 saturated heterocycles. The van der Waals surface area contributed by atoms with E-state index in [1.165, 1.54) is 12.8 Å². The monoisotopic (exact) mass is 151 g/mol. The molecule has 1 heteroatoms. The Balaban J connectivity index is 2.45. The van der Waals surface area contributed by atoms with Gasteiger partial charge in [-0.05, 0) is 37.5 Å². The van der Waals surface area contributed by atoms with E-state index >= 15 is 0 Å². The van der Waals surface area contributed by atoms with Crippen LogP contribution in [0.15, 0.2) is 0 Å². The molecule has 1 fully saturated rings. The second kappa shape index (κ2) is 3.76. The lowest BCUT2D eigenvalue weighted by atomic mass is 9.92. The summed E-state index contributed by atoms with van der Waals surface area (Å²) in [6.45, 7) is 4.62. The van der Waals surface area contributed by atoms with Crippen molar-refractivity contribution in [2.45, 2.75) is 39.5 Å². The van der Waals surface area contributed by atoms with Gasteiger partial charge in [0.15, 0.2) is 0 Å². The first kappa shape index (κ1) is 8.59. The number of nitriles is 1. The van der Waals surface area contributed by atoms with Crippen molar-refractivity contribution in [2.75, 3.05) is 0 Å². The van der Waals surface area contributed by atoms with Crippen LogP contribution < -0.4 is 0 Å². The second-order valence-corrected chi connectivity index (χ2v) is 3.94. The first-order valence-electron chi connectivity index (χ1n) is 4.63. The van der Waals surface area contributed by atoms with Crippen molar-refractivity contribution in [1.29, 1.82) is 5.26 Å². The zero-order valence-corrected chi connectivity index (χ0v) is 7.51. The molecule has 0 aliphatic heterocycles. The van der Waals surface area contributed by atoms with E-state index in [2.05, 4.69) is 19.9 Å². The van der Waals surface area contributed by atoms with E-state index in [0.717, 1.165) is 24.7 Å². The SMILES string of the molecule is CC1CCC(C#N)CCC1C. The van der Waals surface area contributed by atoms with Gasteiger partial charge in [0.1, 0.15) is 0 Å². The van der Waals surface area contributed by atoms with Crippen LogP contribution in [0.5, 0.6) is 0 Å². The minimum atomic E-state index is 0.349. The highest BCUT2D eigenvalue weighted by atomic mass is 14.3. The quantitative estimate of drug-likeness (QED) is 0.488. The van der Waals surface area contributed by atoms with Crippen LogP contribution in [-0.2, 0) is 0 Å². The maximum atomic E-state index is 8.74. The third kappa shape index (κ3) is 2.22. The molecule has 0 spiro atoms. The number of hydrogen-bond acceptors (Lipinski definition) is 1. The lowest BCUT2D eigenvalue weighted by Gasteiger charge is -2.14. The Morgan fingerprint density at radius 1 is 1.00 bits per heavy atom. The van der Waals surface area contributed by atoms with Gasteiger partial charge in [-0.3, -0.25) is 0 Å². The molecule has 2 unspecified atom stereocenters. The summed E-state index contributed by atoms with van der Waals surface area (Å²) in [5, 5.41) is 8.74. The van der Waals surface area contributed by atoms with Gasteiger partial charge in [0.25, 0.3) is 0 Å². The first-order chi connectivity index (χ1) is 5.24. The van der Waals surface area contributed by atoms with Gasteiger partial charge in [-0.15, -0.1) is 0 Å². The molecule has 1 saturated carbocycles. The number of rotatable bonds is 0. The predicted molar refractivity (Wildman–Crippen MR) is 45.9 cm³/mol. The van der Waals surface area contributed by atoms with Crippen molar-refractivity contribution in [3.8, 4) is 6.07 Å². The van der Waals surface area contributed by atoms with Crippen molar-refractivity contribution in [1.82, 2.24) is 0 Å². The molecule has 1 rings (SSSR count). The van der Waals surface area contributed by atoms with Crippen LogP contribution in [0.4, 0.5) is 0 Å². The molecular weight excluding hydrogens is 134 g/mol. The number of nitrogens with zero attached hydrogens (tertiary/aromatic N) is 1. The van der Waals surface area contributed by atoms with Gasteiger partial charge in [-0.2, -0.15) is 5.26 Å². The van der Waals surface area contributed by atoms with Crippen LogP contribution in [0, 0.1) is 29.1 Å². The van der Waals surface area contributed by atoms with E-state index in [-0.39, 0.29) is 0 Å². The summed E-state index contributed by atoms with van der Waals surface area (Å²) in [6, 6.07) is 2.39. The molecule has 2 atom stereocenters. The van der Waals surface area contributed by atoms with Crippen molar-refractivity contribution in [2.24, 2.45) is 17.8 Å². The third-order valence-corrected chi connectivity index (χ3v) is 3.09. The van der Waals surface area contributed by atoms with Gasteiger partial charge >= 0.3 is 0 Å². The lowest BCUT2D eigenvalue weighted by Crippen LogP contribution is -2.04. The zero-order valence-electron chi connectivity index (χ0n) is 7.51. The fraction of sp³-hybridized carbons (Fsp3) is 0.900. The van der Waals surface area contributed by atoms with Gasteiger partial charge in [0, 0.05) is 5.92 Å². The molecule has 11 heavy (non-hydrogen) atoms. The van der Waals surface area contributed by atoms with Gasteiger partial charge < -0.3 is 0 Å². The Hall–Kier alpha value is -0.510. The van der Waals surface area contributed by atoms with Crippen LogP contribution in [0.3, 0.4) is 0 Å². The van der Waals surface area contributed by atoms with E-state index in [1.807, 2.05) is 0 Å². The molecule has 0 radical (unpaired) electrons. The lowest BCUT2D eigenvalue weighted by molar-refractivity contribution is 0.367. The Kier molecular flexibility index (Phi) is 2.93. The molecule has 0 aromatic rings. The molecule has 1 nitrogen and oxygen atoms in total. The fourth-order valence-corrected chi connectivity index (χ4v) is 1.77. The van der Waals surface area contributed by atoms with Gasteiger partial charge in [0.2, 0.25) is 0 Å². The smallest absolute Gasteiger partial charge is 0.0655 e. The van der Waals surface area contributed by atoms with E-state index in [9.17, 15) is 0 Å². The molecule has 0 aromatic carbocycles. The van der Waals surface area contributed by atoms with Crippen molar-refractivity contribution < 1.29 is 0 Å². The maximum Gasteiger partial charge on any atom is 0.0655 e. The Morgan fingerprint density at radius 3 is 1.82 bits per heavy atom. The molecular formula is C10H17N. The van der Waals surface area contributed by atoms with Crippen molar-refractivity contribution in [3.63, 3.8) is 0 Å². The third-order valence-electron chi connectivity index (χ3n) is 3.09. The summed E-state index contributed by atoms with van der Waals surface area (Å²) < 4.78 is 0. The Bertz CT molecular complexity index is 145. The standard InChI is InChI=1S/C10H17N/c1-8-3-5-10(7-11)6-4-9(8)2/h8-10H,3-6H2,1-2H3. The summed E-state index contributed by atoms with van der Waals surface area (Å²) in [6.07, 6.45) is 4.75. The topological polar surface area (TPSA) is 23.8 Å². The zero-order chi connectivity index (χ0) is 8.27. The summed E-state index contributed by atoms with van der Waals surface area (Å²) in [7, 11) is 0. The van der Waals surface area contributed by atoms with Crippen LogP contribution in [-0.4, -0.2) is 0 Å². The van der Waals surface area contributed by atoms with E-state index < -0.39 is 0 Å². The minimum Gasteiger partial charge on any atom is -0.198 e. The highest BCUT2D eigenvalue weighted by Crippen LogP contribution is 2.30. The van der Waals surface area contributed by atoms with E-state index in [0.29, 0.717) is 5.92 Å². The maximum absolute atomic E-state index is 8.74. The highest BCUT2D eigenvalue weighted by Gasteiger charge is 2.20. The van der Waals surface area contributed by atoms with E-state index in [1.54, 1.807) is 0 Å². The first-order valence-corrected chi connectivity index (χ1v) is 4.63. The van der Waals surface area contributed by atoms with E-state index in [4.69, 9.17) is 5.26 Å². The molecule has 62 valence electrons. The molecule has 0 heterocycles. The van der Waals surface area contributed by atoms with Gasteiger partial charge in [-0.25, -0.2) is 0 Å². The minimum absolute atomic E-state index is 0.349. The van der Waals surface area contributed by atoms with Gasteiger partial charge in [-0.1, -0.05) is 13.8 Å². The van der Waals surface area contributed by atoms with Crippen LogP contribution in [0.2, 0.25) is 0 Å². The average Bonchev–Trinajstić information content (AvgIpc) is 2.16. The summed E-state index contributed by atoms with van der Waals surface area (Å²) in [4.78, 5) is 0. The van der Waals surface area contributed by atoms with Crippen LogP contribution in [0.25, 0.3) is 0 Å². The highest BCUT2D eigenvalue weighted by molar-refractivity contribution is 4.86. The summed E-state index contributed by atoms with van der Waals surface area (Å²) >= 11 is 0. The second-order valence-electron chi connectivity index (χ2n) is 3.94. The fourth-order valence-electron chi connectivity index (χ4n) is 1.77. The van der Waals surface area contributed by atoms with Crippen LogP contribution in [0.1, 0.15) is 39.5 Å². The molecule has 0 bridgehead atoms. The summed E-state index contributed by atoms with van der Waals surface area (Å²) in [5.41, 5.74) is 0. The van der Waals surface area contributed by atoms with Crippen molar-refractivity contribution >= 4 is 0 Å². The van der Waals surface area contributed by atoms with Crippen molar-refractivity contribution in [3.05, 3.63) is 0 Å². The largest absolute Gasteiger partial charge is 0.198 e. The Labute approximate surface area is 69.4 Å². The van der Waals surface area contributed by atoms with Gasteiger partial charge in [0.05, 0.1) is 6.07 Å². The molecule has 0 amide bonds. The average molecular weight is 151 g/mol. The normalized spacial score (nSPS) is 39.2. The number of hydrogen-bond donors (Lipinski definition) is 0. The Morgan fingerprint density at radius 2 is 1.45 bits per heavy atom. The molecule has 1 aliphatic carbocycles. The predicted octanol–water partition coefficient (Wildman–Crippen LogP) is 2.97.